The van der Waals surface area contributed by atoms with Gasteiger partial charge in [-0.15, -0.1) is 0 Å². The zero-order valence-electron chi connectivity index (χ0n) is 9.49. The zero-order valence-corrected chi connectivity index (χ0v) is 9.49. The molecule has 1 N–H and O–H groups in total. The van der Waals surface area contributed by atoms with Crippen LogP contribution in [0.4, 0.5) is 4.79 Å². The van der Waals surface area contributed by atoms with Crippen molar-refractivity contribution in [3.8, 4) is 0 Å². The van der Waals surface area contributed by atoms with Crippen molar-refractivity contribution in [1.82, 2.24) is 15.1 Å². The Bertz CT molecular complexity index is 307. The Morgan fingerprint density at radius 1 is 1.47 bits per heavy atom. The lowest BCUT2D eigenvalue weighted by Crippen LogP contribution is -2.29. The molecular formula is C11H19N3O. The fourth-order valence-corrected chi connectivity index (χ4v) is 1.36. The molecule has 1 amide bonds. The normalized spacial score (nSPS) is 10.3. The molecule has 0 fully saturated rings. The molecule has 1 aromatic rings. The van der Waals surface area contributed by atoms with Gasteiger partial charge in [-0.3, -0.25) is 0 Å². The predicted molar refractivity (Wildman–Crippen MR) is 59.9 cm³/mol. The van der Waals surface area contributed by atoms with Gasteiger partial charge in [0.05, 0.1) is 5.69 Å². The summed E-state index contributed by atoms with van der Waals surface area (Å²) >= 11 is 0. The van der Waals surface area contributed by atoms with Crippen LogP contribution in [0.5, 0.6) is 0 Å². The van der Waals surface area contributed by atoms with Crippen LogP contribution in [0.25, 0.3) is 0 Å². The zero-order chi connectivity index (χ0) is 11.1. The van der Waals surface area contributed by atoms with Crippen LogP contribution in [0.15, 0.2) is 12.3 Å². The lowest BCUT2D eigenvalue weighted by Gasteiger charge is -2.03. The standard InChI is InChI=1S/C11H19N3O/c1-3-4-5-6-8-12-11(15)14-9-7-10(2)13-14/h7,9H,3-6,8H2,1-2H3,(H,12,15). The summed E-state index contributed by atoms with van der Waals surface area (Å²) in [6, 6.07) is 1.68. The smallest absolute Gasteiger partial charge is 0.336 e. The van der Waals surface area contributed by atoms with Gasteiger partial charge in [-0.05, 0) is 19.4 Å². The van der Waals surface area contributed by atoms with Crippen molar-refractivity contribution in [2.24, 2.45) is 0 Å². The van der Waals surface area contributed by atoms with E-state index in [1.807, 2.05) is 13.0 Å². The van der Waals surface area contributed by atoms with Gasteiger partial charge in [0.2, 0.25) is 0 Å². The molecule has 0 bridgehead atoms. The summed E-state index contributed by atoms with van der Waals surface area (Å²) < 4.78 is 1.34. The molecule has 84 valence electrons. The first-order chi connectivity index (χ1) is 7.24. The third-order valence-electron chi connectivity index (χ3n) is 2.24. The lowest BCUT2D eigenvalue weighted by molar-refractivity contribution is 0.239. The number of carbonyl (C=O) groups excluding carboxylic acids is 1. The van der Waals surface area contributed by atoms with Crippen LogP contribution in [-0.4, -0.2) is 22.4 Å². The topological polar surface area (TPSA) is 46.9 Å². The second-order valence-electron chi connectivity index (χ2n) is 3.69. The maximum absolute atomic E-state index is 11.5. The summed E-state index contributed by atoms with van der Waals surface area (Å²) in [5, 5.41) is 6.86. The van der Waals surface area contributed by atoms with Crippen LogP contribution in [0, 0.1) is 6.92 Å². The maximum atomic E-state index is 11.5. The summed E-state index contributed by atoms with van der Waals surface area (Å²) in [6.45, 7) is 4.77. The van der Waals surface area contributed by atoms with Gasteiger partial charge < -0.3 is 5.32 Å². The fourth-order valence-electron chi connectivity index (χ4n) is 1.36. The first kappa shape index (κ1) is 11.8. The lowest BCUT2D eigenvalue weighted by atomic mass is 10.2. The average molecular weight is 209 g/mol. The predicted octanol–water partition coefficient (Wildman–Crippen LogP) is 2.33. The van der Waals surface area contributed by atoms with Gasteiger partial charge in [-0.1, -0.05) is 26.2 Å². The molecule has 1 heterocycles. The first-order valence-electron chi connectivity index (χ1n) is 5.54. The third kappa shape index (κ3) is 4.14. The van der Waals surface area contributed by atoms with Gasteiger partial charge in [-0.25, -0.2) is 4.79 Å². The minimum absolute atomic E-state index is 0.139. The molecule has 0 saturated carbocycles. The average Bonchev–Trinajstić information content (AvgIpc) is 2.64. The van der Waals surface area contributed by atoms with Crippen molar-refractivity contribution < 1.29 is 4.79 Å². The number of unbranched alkanes of at least 4 members (excludes halogenated alkanes) is 3. The van der Waals surface area contributed by atoms with E-state index in [-0.39, 0.29) is 6.03 Å². The van der Waals surface area contributed by atoms with E-state index in [1.54, 1.807) is 6.20 Å². The van der Waals surface area contributed by atoms with E-state index >= 15 is 0 Å². The van der Waals surface area contributed by atoms with Crippen LogP contribution in [0.1, 0.15) is 38.3 Å². The Morgan fingerprint density at radius 3 is 2.87 bits per heavy atom. The number of amides is 1. The van der Waals surface area contributed by atoms with E-state index in [1.165, 1.54) is 23.9 Å². The number of aryl methyl sites for hydroxylation is 1. The molecule has 0 aliphatic heterocycles. The molecule has 1 rings (SSSR count). The molecule has 15 heavy (non-hydrogen) atoms. The Morgan fingerprint density at radius 2 is 2.27 bits per heavy atom. The van der Waals surface area contributed by atoms with E-state index < -0.39 is 0 Å². The highest BCUT2D eigenvalue weighted by atomic mass is 16.2. The quantitative estimate of drug-likeness (QED) is 0.756. The second-order valence-corrected chi connectivity index (χ2v) is 3.69. The number of nitrogens with zero attached hydrogens (tertiary/aromatic N) is 2. The summed E-state index contributed by atoms with van der Waals surface area (Å²) in [4.78, 5) is 11.5. The number of hydrogen-bond donors (Lipinski definition) is 1. The Kier molecular flexibility index (Phi) is 4.87. The van der Waals surface area contributed by atoms with Crippen molar-refractivity contribution >= 4 is 6.03 Å². The monoisotopic (exact) mass is 209 g/mol. The van der Waals surface area contributed by atoms with Crippen molar-refractivity contribution in [3.63, 3.8) is 0 Å². The molecule has 1 aromatic heterocycles. The number of aromatic nitrogens is 2. The molecule has 0 spiro atoms. The van der Waals surface area contributed by atoms with Crippen LogP contribution in [0.2, 0.25) is 0 Å². The van der Waals surface area contributed by atoms with E-state index in [0.717, 1.165) is 18.7 Å². The molecule has 4 nitrogen and oxygen atoms in total. The Hall–Kier alpha value is -1.32. The summed E-state index contributed by atoms with van der Waals surface area (Å²) in [5.41, 5.74) is 0.858. The van der Waals surface area contributed by atoms with Gasteiger partial charge >= 0.3 is 6.03 Å². The molecule has 4 heteroatoms. The van der Waals surface area contributed by atoms with Crippen LogP contribution in [0.3, 0.4) is 0 Å². The molecule has 0 saturated heterocycles. The third-order valence-corrected chi connectivity index (χ3v) is 2.24. The summed E-state index contributed by atoms with van der Waals surface area (Å²) in [5.74, 6) is 0. The molecule has 0 radical (unpaired) electrons. The van der Waals surface area contributed by atoms with Crippen LogP contribution < -0.4 is 5.32 Å². The second kappa shape index (κ2) is 6.22. The Balaban J connectivity index is 2.19. The minimum Gasteiger partial charge on any atom is -0.336 e. The molecule has 0 unspecified atom stereocenters. The van der Waals surface area contributed by atoms with Gasteiger partial charge in [0.15, 0.2) is 0 Å². The largest absolute Gasteiger partial charge is 0.342 e. The number of rotatable bonds is 5. The molecule has 0 aliphatic carbocycles. The van der Waals surface area contributed by atoms with Gasteiger partial charge in [-0.2, -0.15) is 9.78 Å². The maximum Gasteiger partial charge on any atom is 0.342 e. The van der Waals surface area contributed by atoms with Crippen molar-refractivity contribution in [2.75, 3.05) is 6.54 Å². The number of hydrogen-bond acceptors (Lipinski definition) is 2. The molecule has 0 atom stereocenters. The van der Waals surface area contributed by atoms with Crippen molar-refractivity contribution in [2.45, 2.75) is 39.5 Å². The number of carbonyl (C=O) groups is 1. The Labute approximate surface area is 90.7 Å². The minimum atomic E-state index is -0.139. The first-order valence-corrected chi connectivity index (χ1v) is 5.54. The number of nitrogens with one attached hydrogen (secondary N) is 1. The highest BCUT2D eigenvalue weighted by Gasteiger charge is 2.03. The van der Waals surface area contributed by atoms with Crippen molar-refractivity contribution in [3.05, 3.63) is 18.0 Å². The highest BCUT2D eigenvalue weighted by molar-refractivity contribution is 5.75. The van der Waals surface area contributed by atoms with Gasteiger partial charge in [0.25, 0.3) is 0 Å². The SMILES string of the molecule is CCCCCCNC(=O)n1ccc(C)n1. The molecule has 0 aromatic carbocycles. The van der Waals surface area contributed by atoms with Crippen LogP contribution in [-0.2, 0) is 0 Å². The van der Waals surface area contributed by atoms with Crippen LogP contribution >= 0.6 is 0 Å². The van der Waals surface area contributed by atoms with Crippen molar-refractivity contribution in [1.29, 1.82) is 0 Å². The fraction of sp³-hybridized carbons (Fsp3) is 0.636. The van der Waals surface area contributed by atoms with E-state index in [4.69, 9.17) is 0 Å². The van der Waals surface area contributed by atoms with E-state index in [2.05, 4.69) is 17.3 Å². The van der Waals surface area contributed by atoms with Gasteiger partial charge in [0, 0.05) is 12.7 Å². The highest BCUT2D eigenvalue weighted by Crippen LogP contribution is 1.97. The van der Waals surface area contributed by atoms with Gasteiger partial charge in [0.1, 0.15) is 0 Å². The summed E-state index contributed by atoms with van der Waals surface area (Å²) in [7, 11) is 0. The summed E-state index contributed by atoms with van der Waals surface area (Å²) in [6.07, 6.45) is 6.34. The molecular weight excluding hydrogens is 190 g/mol. The van der Waals surface area contributed by atoms with E-state index in [0.29, 0.717) is 0 Å². The molecule has 0 aliphatic rings. The van der Waals surface area contributed by atoms with E-state index in [9.17, 15) is 4.79 Å².